The molecule has 114 valence electrons. The Morgan fingerprint density at radius 2 is 2.24 bits per heavy atom. The van der Waals surface area contributed by atoms with E-state index < -0.39 is 0 Å². The first-order valence-corrected chi connectivity index (χ1v) is 8.19. The van der Waals surface area contributed by atoms with Gasteiger partial charge in [-0.1, -0.05) is 27.7 Å². The van der Waals surface area contributed by atoms with Crippen LogP contribution in [0.1, 0.15) is 50.1 Å². The zero-order chi connectivity index (χ0) is 15.6. The number of anilines is 1. The number of hydrogen-bond acceptors (Lipinski definition) is 4. The fourth-order valence-corrected chi connectivity index (χ4v) is 3.49. The maximum absolute atomic E-state index is 12.2. The third-order valence-corrected chi connectivity index (χ3v) is 5.41. The van der Waals surface area contributed by atoms with Crippen molar-refractivity contribution in [2.24, 2.45) is 11.3 Å². The summed E-state index contributed by atoms with van der Waals surface area (Å²) in [7, 11) is 0. The Kier molecular flexibility index (Phi) is 4.70. The fourth-order valence-electron chi connectivity index (χ4n) is 2.30. The van der Waals surface area contributed by atoms with Crippen molar-refractivity contribution in [3.8, 4) is 6.07 Å². The van der Waals surface area contributed by atoms with Crippen LogP contribution in [0.25, 0.3) is 0 Å². The van der Waals surface area contributed by atoms with Gasteiger partial charge in [0.25, 0.3) is 0 Å². The molecule has 1 aliphatic rings. The minimum atomic E-state index is 0.000445. The average Bonchev–Trinajstić information content (AvgIpc) is 2.74. The van der Waals surface area contributed by atoms with Gasteiger partial charge in [0, 0.05) is 17.8 Å². The molecule has 1 atom stereocenters. The summed E-state index contributed by atoms with van der Waals surface area (Å²) in [5.41, 5.74) is 1.88. The lowest BCUT2D eigenvalue weighted by molar-refractivity contribution is -0.117. The van der Waals surface area contributed by atoms with Crippen LogP contribution in [0.15, 0.2) is 0 Å². The first-order chi connectivity index (χ1) is 9.82. The number of hydrogen-bond donors (Lipinski definition) is 2. The highest BCUT2D eigenvalue weighted by Crippen LogP contribution is 2.35. The number of fused-ring (bicyclic) bond motifs is 1. The molecule has 0 saturated carbocycles. The largest absolute Gasteiger partial charge is 0.317 e. The van der Waals surface area contributed by atoms with Gasteiger partial charge in [0.05, 0.1) is 5.56 Å². The summed E-state index contributed by atoms with van der Waals surface area (Å²) in [6, 6.07) is 2.26. The minimum Gasteiger partial charge on any atom is -0.317 e. The molecule has 1 aliphatic heterocycles. The van der Waals surface area contributed by atoms with E-state index in [1.54, 1.807) is 0 Å². The number of nitrogens with one attached hydrogen (secondary N) is 2. The second kappa shape index (κ2) is 6.17. The quantitative estimate of drug-likeness (QED) is 0.900. The molecule has 0 bridgehead atoms. The molecular weight excluding hydrogens is 282 g/mol. The molecule has 1 aromatic rings. The number of nitriles is 1. The SMILES string of the molecule is CC(CC(=O)Nc1sc2c(c1C#N)CCNC2)C(C)(C)C. The molecule has 1 unspecified atom stereocenters. The van der Waals surface area contributed by atoms with Crippen molar-refractivity contribution in [1.82, 2.24) is 5.32 Å². The molecule has 0 radical (unpaired) electrons. The first-order valence-electron chi connectivity index (χ1n) is 7.38. The van der Waals surface area contributed by atoms with Crippen LogP contribution in [0.4, 0.5) is 5.00 Å². The van der Waals surface area contributed by atoms with E-state index in [1.807, 2.05) is 0 Å². The van der Waals surface area contributed by atoms with Crippen LogP contribution < -0.4 is 10.6 Å². The van der Waals surface area contributed by atoms with Gasteiger partial charge in [0.15, 0.2) is 0 Å². The number of amides is 1. The third kappa shape index (κ3) is 3.63. The smallest absolute Gasteiger partial charge is 0.225 e. The lowest BCUT2D eigenvalue weighted by Crippen LogP contribution is -2.24. The Hall–Kier alpha value is -1.38. The van der Waals surface area contributed by atoms with Crippen molar-refractivity contribution in [3.05, 3.63) is 16.0 Å². The van der Waals surface area contributed by atoms with Crippen molar-refractivity contribution in [1.29, 1.82) is 5.26 Å². The minimum absolute atomic E-state index is 0.000445. The maximum atomic E-state index is 12.2. The summed E-state index contributed by atoms with van der Waals surface area (Å²) >= 11 is 1.53. The summed E-state index contributed by atoms with van der Waals surface area (Å²) in [6.45, 7) is 10.2. The van der Waals surface area contributed by atoms with Gasteiger partial charge in [-0.05, 0) is 29.9 Å². The molecule has 2 N–H and O–H groups in total. The highest BCUT2D eigenvalue weighted by molar-refractivity contribution is 7.16. The topological polar surface area (TPSA) is 64.9 Å². The van der Waals surface area contributed by atoms with Crippen molar-refractivity contribution in [2.75, 3.05) is 11.9 Å². The van der Waals surface area contributed by atoms with E-state index in [0.717, 1.165) is 30.1 Å². The molecule has 0 aliphatic carbocycles. The van der Waals surface area contributed by atoms with Crippen molar-refractivity contribution in [2.45, 2.75) is 47.1 Å². The van der Waals surface area contributed by atoms with Gasteiger partial charge in [-0.2, -0.15) is 5.26 Å². The highest BCUT2D eigenvalue weighted by atomic mass is 32.1. The molecule has 0 aromatic carbocycles. The fraction of sp³-hybridized carbons (Fsp3) is 0.625. The third-order valence-electron chi connectivity index (χ3n) is 4.26. The Morgan fingerprint density at radius 1 is 1.52 bits per heavy atom. The highest BCUT2D eigenvalue weighted by Gasteiger charge is 2.25. The van der Waals surface area contributed by atoms with E-state index in [2.05, 4.69) is 44.4 Å². The Balaban J connectivity index is 2.11. The van der Waals surface area contributed by atoms with E-state index in [-0.39, 0.29) is 11.3 Å². The lowest BCUT2D eigenvalue weighted by atomic mass is 9.80. The molecule has 1 aromatic heterocycles. The maximum Gasteiger partial charge on any atom is 0.225 e. The van der Waals surface area contributed by atoms with Crippen LogP contribution in [0.3, 0.4) is 0 Å². The van der Waals surface area contributed by atoms with Crippen LogP contribution >= 0.6 is 11.3 Å². The molecule has 0 saturated heterocycles. The van der Waals surface area contributed by atoms with Gasteiger partial charge >= 0.3 is 0 Å². The van der Waals surface area contributed by atoms with Crippen LogP contribution in [0.2, 0.25) is 0 Å². The molecule has 2 heterocycles. The van der Waals surface area contributed by atoms with Gasteiger partial charge in [-0.3, -0.25) is 4.79 Å². The molecule has 2 rings (SSSR count). The first kappa shape index (κ1) is 16.0. The van der Waals surface area contributed by atoms with E-state index in [9.17, 15) is 10.1 Å². The number of carbonyl (C=O) groups is 1. The molecule has 4 nitrogen and oxygen atoms in total. The second-order valence-electron chi connectivity index (χ2n) is 6.77. The van der Waals surface area contributed by atoms with Gasteiger partial charge in [0.2, 0.25) is 5.91 Å². The van der Waals surface area contributed by atoms with Gasteiger partial charge in [-0.25, -0.2) is 0 Å². The normalized spacial score (nSPS) is 16.0. The van der Waals surface area contributed by atoms with E-state index in [1.165, 1.54) is 16.2 Å². The molecular formula is C16H23N3OS. The molecule has 1 amide bonds. The summed E-state index contributed by atoms with van der Waals surface area (Å²) in [5, 5.41) is 16.3. The zero-order valence-corrected chi connectivity index (χ0v) is 14.0. The Labute approximate surface area is 130 Å². The van der Waals surface area contributed by atoms with Crippen LogP contribution in [0.5, 0.6) is 0 Å². The van der Waals surface area contributed by atoms with Crippen LogP contribution in [0, 0.1) is 22.7 Å². The predicted molar refractivity (Wildman–Crippen MR) is 86.3 cm³/mol. The Morgan fingerprint density at radius 3 is 2.86 bits per heavy atom. The van der Waals surface area contributed by atoms with Crippen LogP contribution in [-0.4, -0.2) is 12.5 Å². The van der Waals surface area contributed by atoms with E-state index in [4.69, 9.17) is 0 Å². The summed E-state index contributed by atoms with van der Waals surface area (Å²) < 4.78 is 0. The van der Waals surface area contributed by atoms with Crippen molar-refractivity contribution >= 4 is 22.2 Å². The van der Waals surface area contributed by atoms with Crippen molar-refractivity contribution in [3.63, 3.8) is 0 Å². The summed E-state index contributed by atoms with van der Waals surface area (Å²) in [5.74, 6) is 0.291. The lowest BCUT2D eigenvalue weighted by Gasteiger charge is -2.26. The number of rotatable bonds is 3. The number of carbonyl (C=O) groups excluding carboxylic acids is 1. The summed E-state index contributed by atoms with van der Waals surface area (Å²) in [4.78, 5) is 13.4. The average molecular weight is 305 g/mol. The Bertz CT molecular complexity index is 578. The predicted octanol–water partition coefficient (Wildman–Crippen LogP) is 3.28. The molecule has 0 fully saturated rings. The molecule has 21 heavy (non-hydrogen) atoms. The van der Waals surface area contributed by atoms with E-state index >= 15 is 0 Å². The van der Waals surface area contributed by atoms with E-state index in [0.29, 0.717) is 17.9 Å². The van der Waals surface area contributed by atoms with Gasteiger partial charge in [-0.15, -0.1) is 11.3 Å². The molecule has 0 spiro atoms. The standard InChI is InChI=1S/C16H23N3OS/c1-10(16(2,3)4)7-14(20)19-15-12(8-17)11-5-6-18-9-13(11)21-15/h10,18H,5-7,9H2,1-4H3,(H,19,20). The molecule has 5 heteroatoms. The van der Waals surface area contributed by atoms with Gasteiger partial charge < -0.3 is 10.6 Å². The van der Waals surface area contributed by atoms with Crippen LogP contribution in [-0.2, 0) is 17.8 Å². The zero-order valence-electron chi connectivity index (χ0n) is 13.2. The monoisotopic (exact) mass is 305 g/mol. The van der Waals surface area contributed by atoms with Gasteiger partial charge in [0.1, 0.15) is 11.1 Å². The number of nitrogens with zero attached hydrogens (tertiary/aromatic N) is 1. The number of thiophene rings is 1. The summed E-state index contributed by atoms with van der Waals surface area (Å²) in [6.07, 6.45) is 1.35. The van der Waals surface area contributed by atoms with Crippen molar-refractivity contribution < 1.29 is 4.79 Å². The second-order valence-corrected chi connectivity index (χ2v) is 7.87.